The van der Waals surface area contributed by atoms with Crippen molar-refractivity contribution in [2.24, 2.45) is 0 Å². The van der Waals surface area contributed by atoms with Crippen LogP contribution >= 0.6 is 0 Å². The molecule has 4 aromatic rings. The molecule has 0 fully saturated rings. The summed E-state index contributed by atoms with van der Waals surface area (Å²) < 4.78 is 42.3. The molecule has 0 aliphatic heterocycles. The minimum Gasteiger partial charge on any atom is -0.491 e. The molecule has 0 spiro atoms. The molecule has 188 valence electrons. The van der Waals surface area contributed by atoms with E-state index >= 15 is 0 Å². The molecule has 0 unspecified atom stereocenters. The summed E-state index contributed by atoms with van der Waals surface area (Å²) in [5, 5.41) is 3.53. The van der Waals surface area contributed by atoms with Crippen LogP contribution in [0.1, 0.15) is 19.4 Å². The van der Waals surface area contributed by atoms with Crippen LogP contribution in [0.25, 0.3) is 22.8 Å². The van der Waals surface area contributed by atoms with Gasteiger partial charge < -0.3 is 18.6 Å². The lowest BCUT2D eigenvalue weighted by molar-refractivity contribution is 0.146. The van der Waals surface area contributed by atoms with E-state index in [4.69, 9.17) is 14.0 Å². The Morgan fingerprint density at radius 3 is 2.47 bits per heavy atom. The fraction of sp³-hybridized carbons (Fsp3) is 0.269. The van der Waals surface area contributed by atoms with Crippen LogP contribution in [0.5, 0.6) is 5.75 Å². The molecular formula is C26H27N3O6S. The van der Waals surface area contributed by atoms with Gasteiger partial charge in [0.2, 0.25) is 5.82 Å². The maximum absolute atomic E-state index is 12.5. The predicted octanol–water partition coefficient (Wildman–Crippen LogP) is 3.82. The summed E-state index contributed by atoms with van der Waals surface area (Å²) in [6.07, 6.45) is 1.67. The van der Waals surface area contributed by atoms with Crippen LogP contribution in [0.2, 0.25) is 0 Å². The fourth-order valence-corrected chi connectivity index (χ4v) is 4.54. The van der Waals surface area contributed by atoms with Crippen molar-refractivity contribution in [2.45, 2.75) is 30.5 Å². The van der Waals surface area contributed by atoms with Crippen molar-refractivity contribution in [1.82, 2.24) is 14.7 Å². The largest absolute Gasteiger partial charge is 0.491 e. The highest BCUT2D eigenvalue weighted by molar-refractivity contribution is 7.92. The summed E-state index contributed by atoms with van der Waals surface area (Å²) in [5.41, 5.74) is 1.93. The molecular weight excluding hydrogens is 482 g/mol. The van der Waals surface area contributed by atoms with E-state index in [0.29, 0.717) is 42.5 Å². The fourth-order valence-electron chi connectivity index (χ4n) is 3.48. The molecule has 36 heavy (non-hydrogen) atoms. The number of pyridine rings is 1. The van der Waals surface area contributed by atoms with Crippen molar-refractivity contribution in [3.05, 3.63) is 82.8 Å². The number of nitrogens with zero attached hydrogens (tertiary/aromatic N) is 3. The SMILES string of the molecule is COCCOc1cccc(Cn2cc(-c3noc(-c4ccc(S(=O)(=O)C(C)C)cc4)n3)ccc2=O)c1. The van der Waals surface area contributed by atoms with Gasteiger partial charge in [0.15, 0.2) is 9.84 Å². The molecule has 0 aliphatic carbocycles. The molecule has 9 nitrogen and oxygen atoms in total. The Bertz CT molecular complexity index is 1490. The van der Waals surface area contributed by atoms with Crippen LogP contribution in [0, 0.1) is 0 Å². The van der Waals surface area contributed by atoms with E-state index in [1.165, 1.54) is 18.2 Å². The molecule has 0 aliphatic rings. The monoisotopic (exact) mass is 509 g/mol. The molecule has 2 aromatic heterocycles. The van der Waals surface area contributed by atoms with Gasteiger partial charge in [-0.25, -0.2) is 8.42 Å². The Hall–Kier alpha value is -3.76. The third-order valence-electron chi connectivity index (χ3n) is 5.53. The van der Waals surface area contributed by atoms with E-state index in [0.717, 1.165) is 5.56 Å². The van der Waals surface area contributed by atoms with Gasteiger partial charge in [0, 0.05) is 30.5 Å². The number of hydrogen-bond donors (Lipinski definition) is 0. The van der Waals surface area contributed by atoms with Gasteiger partial charge in [-0.05, 0) is 61.9 Å². The lowest BCUT2D eigenvalue weighted by Gasteiger charge is -2.10. The zero-order chi connectivity index (χ0) is 25.7. The van der Waals surface area contributed by atoms with Crippen LogP contribution in [0.15, 0.2) is 81.1 Å². The number of benzene rings is 2. The van der Waals surface area contributed by atoms with Gasteiger partial charge in [-0.1, -0.05) is 17.3 Å². The van der Waals surface area contributed by atoms with Crippen LogP contribution < -0.4 is 10.3 Å². The third kappa shape index (κ3) is 5.72. The lowest BCUT2D eigenvalue weighted by atomic mass is 10.2. The Morgan fingerprint density at radius 1 is 1.00 bits per heavy atom. The summed E-state index contributed by atoms with van der Waals surface area (Å²) in [6.45, 7) is 4.54. The van der Waals surface area contributed by atoms with E-state index in [1.54, 1.807) is 49.9 Å². The Morgan fingerprint density at radius 2 is 1.75 bits per heavy atom. The molecule has 0 bridgehead atoms. The summed E-state index contributed by atoms with van der Waals surface area (Å²) in [7, 11) is -1.76. The van der Waals surface area contributed by atoms with Crippen molar-refractivity contribution in [3.63, 3.8) is 0 Å². The minimum absolute atomic E-state index is 0.171. The van der Waals surface area contributed by atoms with E-state index in [2.05, 4.69) is 10.1 Å². The Balaban J connectivity index is 1.54. The van der Waals surface area contributed by atoms with Crippen LogP contribution in [0.4, 0.5) is 0 Å². The van der Waals surface area contributed by atoms with Gasteiger partial charge >= 0.3 is 0 Å². The highest BCUT2D eigenvalue weighted by Gasteiger charge is 2.19. The summed E-state index contributed by atoms with van der Waals surface area (Å²) in [6, 6.07) is 16.9. The van der Waals surface area contributed by atoms with Gasteiger partial charge in [0.1, 0.15) is 12.4 Å². The molecule has 0 amide bonds. The number of hydrogen-bond acceptors (Lipinski definition) is 8. The molecule has 2 aromatic carbocycles. The maximum atomic E-state index is 12.5. The zero-order valence-corrected chi connectivity index (χ0v) is 21.1. The minimum atomic E-state index is -3.37. The highest BCUT2D eigenvalue weighted by atomic mass is 32.2. The van der Waals surface area contributed by atoms with E-state index < -0.39 is 15.1 Å². The summed E-state index contributed by atoms with van der Waals surface area (Å²) in [5.74, 6) is 1.26. The second-order valence-corrected chi connectivity index (χ2v) is 10.9. The lowest BCUT2D eigenvalue weighted by Crippen LogP contribution is -2.19. The van der Waals surface area contributed by atoms with Gasteiger partial charge in [0.05, 0.1) is 23.3 Å². The van der Waals surface area contributed by atoms with Gasteiger partial charge in [-0.15, -0.1) is 0 Å². The van der Waals surface area contributed by atoms with Crippen molar-refractivity contribution in [1.29, 1.82) is 0 Å². The number of aromatic nitrogens is 3. The van der Waals surface area contributed by atoms with E-state index in [-0.39, 0.29) is 16.3 Å². The van der Waals surface area contributed by atoms with Crippen molar-refractivity contribution in [2.75, 3.05) is 20.3 Å². The van der Waals surface area contributed by atoms with Crippen LogP contribution in [-0.4, -0.2) is 48.7 Å². The summed E-state index contributed by atoms with van der Waals surface area (Å²) in [4.78, 5) is 17.2. The maximum Gasteiger partial charge on any atom is 0.258 e. The number of ether oxygens (including phenoxy) is 2. The van der Waals surface area contributed by atoms with Crippen LogP contribution in [-0.2, 0) is 21.1 Å². The normalized spacial score (nSPS) is 11.7. The molecule has 2 heterocycles. The average molecular weight is 510 g/mol. The molecule has 0 saturated heterocycles. The second-order valence-electron chi connectivity index (χ2n) is 8.41. The number of methoxy groups -OCH3 is 1. The second kappa shape index (κ2) is 10.9. The predicted molar refractivity (Wildman–Crippen MR) is 135 cm³/mol. The molecule has 4 rings (SSSR count). The van der Waals surface area contributed by atoms with E-state index in [9.17, 15) is 13.2 Å². The van der Waals surface area contributed by atoms with E-state index in [1.807, 2.05) is 24.3 Å². The van der Waals surface area contributed by atoms with Gasteiger partial charge in [0.25, 0.3) is 11.4 Å². The van der Waals surface area contributed by atoms with Crippen molar-refractivity contribution in [3.8, 4) is 28.6 Å². The molecule has 0 atom stereocenters. The number of rotatable bonds is 10. The van der Waals surface area contributed by atoms with Crippen molar-refractivity contribution < 1.29 is 22.4 Å². The molecule has 0 saturated carbocycles. The average Bonchev–Trinajstić information content (AvgIpc) is 3.36. The number of sulfone groups is 1. The first-order chi connectivity index (χ1) is 17.3. The Labute approximate surface area is 209 Å². The smallest absolute Gasteiger partial charge is 0.258 e. The third-order valence-corrected chi connectivity index (χ3v) is 7.70. The molecule has 10 heteroatoms. The molecule has 0 N–H and O–H groups in total. The zero-order valence-electron chi connectivity index (χ0n) is 20.2. The quantitative estimate of drug-likeness (QED) is 0.297. The first kappa shape index (κ1) is 25.3. The first-order valence-electron chi connectivity index (χ1n) is 11.4. The Kier molecular flexibility index (Phi) is 7.66. The first-order valence-corrected chi connectivity index (χ1v) is 12.9. The van der Waals surface area contributed by atoms with Crippen molar-refractivity contribution >= 4 is 9.84 Å². The van der Waals surface area contributed by atoms with Gasteiger partial charge in [-0.2, -0.15) is 4.98 Å². The standard InChI is InChI=1S/C26H27N3O6S/c1-18(2)36(31,32)23-10-7-20(8-11-23)26-27-25(28-35-26)21-9-12-24(30)29(17-21)16-19-5-4-6-22(15-19)34-14-13-33-3/h4-12,15,17-18H,13-14,16H2,1-3H3. The molecule has 0 radical (unpaired) electrons. The topological polar surface area (TPSA) is 114 Å². The summed E-state index contributed by atoms with van der Waals surface area (Å²) >= 11 is 0. The van der Waals surface area contributed by atoms with Gasteiger partial charge in [-0.3, -0.25) is 4.79 Å². The highest BCUT2D eigenvalue weighted by Crippen LogP contribution is 2.24. The van der Waals surface area contributed by atoms with Crippen LogP contribution in [0.3, 0.4) is 0 Å².